The lowest BCUT2D eigenvalue weighted by atomic mass is 10.1. The number of hydrogen-bond acceptors (Lipinski definition) is 2. The fourth-order valence-corrected chi connectivity index (χ4v) is 3.48. The highest BCUT2D eigenvalue weighted by Gasteiger charge is 2.14. The van der Waals surface area contributed by atoms with Gasteiger partial charge in [-0.2, -0.15) is 15.0 Å². The molecular weight excluding hydrogens is 386 g/mol. The van der Waals surface area contributed by atoms with Gasteiger partial charge in [-0.3, -0.25) is 0 Å². The molecule has 0 aliphatic rings. The Morgan fingerprint density at radius 3 is 1.58 bits per heavy atom. The van der Waals surface area contributed by atoms with Gasteiger partial charge in [-0.15, -0.1) is 0 Å². The number of halogens is 1. The molecular formula is C22H26BrN3. The molecule has 26 heavy (non-hydrogen) atoms. The molecule has 0 radical (unpaired) electrons. The lowest BCUT2D eigenvalue weighted by Gasteiger charge is -2.01. The molecule has 0 fully saturated rings. The molecule has 0 N–H and O–H groups in total. The lowest BCUT2D eigenvalue weighted by molar-refractivity contribution is 0.485. The molecule has 0 unspecified atom stereocenters. The molecule has 1 heterocycles. The molecule has 0 amide bonds. The van der Waals surface area contributed by atoms with Crippen LogP contribution in [0.2, 0.25) is 0 Å². The van der Waals surface area contributed by atoms with Crippen LogP contribution in [0.1, 0.15) is 38.5 Å². The van der Waals surface area contributed by atoms with Crippen LogP contribution in [-0.4, -0.2) is 20.3 Å². The Bertz CT molecular complexity index is 712. The van der Waals surface area contributed by atoms with Crippen molar-refractivity contribution < 1.29 is 0 Å². The maximum absolute atomic E-state index is 4.80. The monoisotopic (exact) mass is 411 g/mol. The fourth-order valence-electron chi connectivity index (χ4n) is 3.08. The average molecular weight is 412 g/mol. The van der Waals surface area contributed by atoms with Crippen LogP contribution in [0.3, 0.4) is 0 Å². The van der Waals surface area contributed by atoms with E-state index in [1.165, 1.54) is 32.1 Å². The number of aromatic nitrogens is 3. The summed E-state index contributed by atoms with van der Waals surface area (Å²) >= 11 is 3.49. The van der Waals surface area contributed by atoms with Crippen molar-refractivity contribution in [2.45, 2.75) is 45.1 Å². The van der Waals surface area contributed by atoms with Crippen molar-refractivity contribution in [3.63, 3.8) is 0 Å². The summed E-state index contributed by atoms with van der Waals surface area (Å²) < 4.78 is 0. The van der Waals surface area contributed by atoms with Crippen molar-refractivity contribution >= 4 is 15.9 Å². The van der Waals surface area contributed by atoms with Crippen LogP contribution in [0.4, 0.5) is 0 Å². The minimum Gasteiger partial charge on any atom is -0.184 e. The van der Waals surface area contributed by atoms with E-state index in [9.17, 15) is 0 Å². The molecule has 4 heteroatoms. The third-order valence-corrected chi connectivity index (χ3v) is 5.05. The van der Waals surface area contributed by atoms with Gasteiger partial charge in [-0.1, -0.05) is 102 Å². The van der Waals surface area contributed by atoms with Gasteiger partial charge >= 0.3 is 0 Å². The molecule has 0 bridgehead atoms. The molecule has 2 aromatic carbocycles. The minimum atomic E-state index is 0.880. The quantitative estimate of drug-likeness (QED) is 0.287. The number of rotatable bonds is 10. The van der Waals surface area contributed by atoms with Crippen LogP contribution in [0.15, 0.2) is 60.7 Å². The zero-order valence-electron chi connectivity index (χ0n) is 15.1. The molecule has 3 nitrogen and oxygen atoms in total. The molecule has 1 aromatic heterocycles. The van der Waals surface area contributed by atoms with Gasteiger partial charge in [0, 0.05) is 16.5 Å². The first-order valence-electron chi connectivity index (χ1n) is 9.50. The highest BCUT2D eigenvalue weighted by molar-refractivity contribution is 9.09. The van der Waals surface area contributed by atoms with E-state index in [1.54, 1.807) is 0 Å². The summed E-state index contributed by atoms with van der Waals surface area (Å²) in [5.41, 5.74) is 4.17. The van der Waals surface area contributed by atoms with Gasteiger partial charge in [0.2, 0.25) is 0 Å². The largest absolute Gasteiger partial charge is 0.184 e. The zero-order valence-corrected chi connectivity index (χ0v) is 16.7. The maximum Gasteiger partial charge on any atom is 0.121 e. The van der Waals surface area contributed by atoms with Gasteiger partial charge in [-0.25, -0.2) is 0 Å². The summed E-state index contributed by atoms with van der Waals surface area (Å²) in [6.45, 7) is 0.880. The van der Waals surface area contributed by atoms with Gasteiger partial charge < -0.3 is 0 Å². The topological polar surface area (TPSA) is 30.7 Å². The third-order valence-electron chi connectivity index (χ3n) is 4.49. The first kappa shape index (κ1) is 18.8. The molecule has 0 saturated carbocycles. The summed E-state index contributed by atoms with van der Waals surface area (Å²) in [5.74, 6) is 0. The van der Waals surface area contributed by atoms with Crippen molar-refractivity contribution in [2.24, 2.45) is 0 Å². The number of nitrogens with zero attached hydrogens (tertiary/aromatic N) is 3. The summed E-state index contributed by atoms with van der Waals surface area (Å²) in [6, 6.07) is 20.7. The number of benzene rings is 2. The Kier molecular flexibility index (Phi) is 7.44. The second kappa shape index (κ2) is 10.3. The van der Waals surface area contributed by atoms with Gasteiger partial charge in [-0.05, 0) is 12.8 Å². The van der Waals surface area contributed by atoms with Crippen molar-refractivity contribution in [3.05, 3.63) is 60.7 Å². The SMILES string of the molecule is BrCCCCCCCCn1nc(-c2ccccc2)c(-c2ccccc2)n1. The van der Waals surface area contributed by atoms with Crippen LogP contribution >= 0.6 is 15.9 Å². The average Bonchev–Trinajstić information content (AvgIpc) is 3.13. The standard InChI is InChI=1S/C22H26BrN3/c23-17-11-3-1-2-4-12-18-26-24-21(19-13-7-5-8-14-19)22(25-26)20-15-9-6-10-16-20/h5-10,13-16H,1-4,11-12,17-18H2. The maximum atomic E-state index is 4.80. The first-order valence-corrected chi connectivity index (χ1v) is 10.6. The second-order valence-electron chi connectivity index (χ2n) is 6.54. The van der Waals surface area contributed by atoms with E-state index < -0.39 is 0 Å². The first-order chi connectivity index (χ1) is 12.9. The van der Waals surface area contributed by atoms with E-state index >= 15 is 0 Å². The molecule has 0 saturated heterocycles. The summed E-state index contributed by atoms with van der Waals surface area (Å²) in [6.07, 6.45) is 7.59. The number of alkyl halides is 1. The Morgan fingerprint density at radius 2 is 1.08 bits per heavy atom. The molecule has 0 atom stereocenters. The Morgan fingerprint density at radius 1 is 0.615 bits per heavy atom. The molecule has 0 aliphatic carbocycles. The molecule has 3 aromatic rings. The Hall–Kier alpha value is -1.94. The van der Waals surface area contributed by atoms with Crippen molar-refractivity contribution in [1.29, 1.82) is 0 Å². The number of aryl methyl sites for hydroxylation is 1. The van der Waals surface area contributed by atoms with Crippen LogP contribution in [0, 0.1) is 0 Å². The number of unbranched alkanes of at least 4 members (excludes halogenated alkanes) is 5. The number of hydrogen-bond donors (Lipinski definition) is 0. The lowest BCUT2D eigenvalue weighted by Crippen LogP contribution is -2.02. The van der Waals surface area contributed by atoms with Crippen LogP contribution < -0.4 is 0 Å². The third kappa shape index (κ3) is 5.28. The van der Waals surface area contributed by atoms with Gasteiger partial charge in [0.05, 0.1) is 6.54 Å². The van der Waals surface area contributed by atoms with Crippen molar-refractivity contribution in [3.8, 4) is 22.5 Å². The fraction of sp³-hybridized carbons (Fsp3) is 0.364. The highest BCUT2D eigenvalue weighted by Crippen LogP contribution is 2.28. The van der Waals surface area contributed by atoms with Crippen LogP contribution in [0.25, 0.3) is 22.5 Å². The van der Waals surface area contributed by atoms with E-state index in [-0.39, 0.29) is 0 Å². The molecule has 0 aliphatic heterocycles. The van der Waals surface area contributed by atoms with Crippen molar-refractivity contribution in [2.75, 3.05) is 5.33 Å². The Balaban J connectivity index is 1.69. The van der Waals surface area contributed by atoms with E-state index in [0.29, 0.717) is 0 Å². The summed E-state index contributed by atoms with van der Waals surface area (Å²) in [4.78, 5) is 1.88. The van der Waals surface area contributed by atoms with E-state index in [0.717, 1.165) is 40.8 Å². The normalized spacial score (nSPS) is 11.0. The van der Waals surface area contributed by atoms with Crippen LogP contribution in [-0.2, 0) is 6.54 Å². The smallest absolute Gasteiger partial charge is 0.121 e. The summed E-state index contributed by atoms with van der Waals surface area (Å²) in [5, 5.41) is 10.7. The van der Waals surface area contributed by atoms with Gasteiger partial charge in [0.15, 0.2) is 0 Å². The van der Waals surface area contributed by atoms with Gasteiger partial charge in [0.25, 0.3) is 0 Å². The predicted octanol–water partition coefficient (Wildman–Crippen LogP) is 6.35. The summed E-state index contributed by atoms with van der Waals surface area (Å²) in [7, 11) is 0. The predicted molar refractivity (Wildman–Crippen MR) is 112 cm³/mol. The molecule has 136 valence electrons. The van der Waals surface area contributed by atoms with E-state index in [4.69, 9.17) is 10.2 Å². The second-order valence-corrected chi connectivity index (χ2v) is 7.33. The van der Waals surface area contributed by atoms with Crippen molar-refractivity contribution in [1.82, 2.24) is 15.0 Å². The van der Waals surface area contributed by atoms with E-state index in [1.807, 2.05) is 16.9 Å². The highest BCUT2D eigenvalue weighted by atomic mass is 79.9. The Labute approximate surface area is 164 Å². The zero-order chi connectivity index (χ0) is 18.0. The van der Waals surface area contributed by atoms with E-state index in [2.05, 4.69) is 64.5 Å². The van der Waals surface area contributed by atoms with Crippen LogP contribution in [0.5, 0.6) is 0 Å². The van der Waals surface area contributed by atoms with Gasteiger partial charge in [0.1, 0.15) is 11.4 Å². The minimum absolute atomic E-state index is 0.880. The molecule has 3 rings (SSSR count). The molecule has 0 spiro atoms.